The predicted molar refractivity (Wildman–Crippen MR) is 82.2 cm³/mol. The van der Waals surface area contributed by atoms with Crippen molar-refractivity contribution in [3.8, 4) is 0 Å². The molecule has 0 fully saturated rings. The molecule has 2 nitrogen and oxygen atoms in total. The molecule has 1 N–H and O–H groups in total. The summed E-state index contributed by atoms with van der Waals surface area (Å²) in [5, 5.41) is 3.43. The highest BCUT2D eigenvalue weighted by Crippen LogP contribution is 2.07. The van der Waals surface area contributed by atoms with E-state index in [0.717, 1.165) is 26.3 Å². The summed E-state index contributed by atoms with van der Waals surface area (Å²) >= 11 is 0. The van der Waals surface area contributed by atoms with Crippen LogP contribution in [0.25, 0.3) is 0 Å². The second-order valence-corrected chi connectivity index (χ2v) is 5.11. The number of rotatable bonds is 11. The van der Waals surface area contributed by atoms with Crippen LogP contribution in [0.1, 0.15) is 57.1 Å². The zero-order chi connectivity index (χ0) is 13.8. The number of hydrogen-bond donors (Lipinski definition) is 1. The second-order valence-electron chi connectivity index (χ2n) is 5.11. The summed E-state index contributed by atoms with van der Waals surface area (Å²) in [6.07, 6.45) is 6.26. The van der Waals surface area contributed by atoms with E-state index in [9.17, 15) is 0 Å². The van der Waals surface area contributed by atoms with Crippen molar-refractivity contribution in [3.05, 3.63) is 35.4 Å². The Morgan fingerprint density at radius 3 is 2.63 bits per heavy atom. The lowest BCUT2D eigenvalue weighted by Gasteiger charge is -2.07. The summed E-state index contributed by atoms with van der Waals surface area (Å²) in [4.78, 5) is 0. The maximum Gasteiger partial charge on any atom is 0.0716 e. The van der Waals surface area contributed by atoms with Crippen LogP contribution in [0.4, 0.5) is 0 Å². The highest BCUT2D eigenvalue weighted by Gasteiger charge is 1.97. The highest BCUT2D eigenvalue weighted by molar-refractivity contribution is 5.22. The van der Waals surface area contributed by atoms with Gasteiger partial charge in [-0.2, -0.15) is 0 Å². The first-order valence-electron chi connectivity index (χ1n) is 7.73. The van der Waals surface area contributed by atoms with E-state index in [2.05, 4.69) is 43.4 Å². The third-order valence-corrected chi connectivity index (χ3v) is 3.16. The summed E-state index contributed by atoms with van der Waals surface area (Å²) < 4.78 is 5.73. The van der Waals surface area contributed by atoms with Gasteiger partial charge in [-0.15, -0.1) is 0 Å². The van der Waals surface area contributed by atoms with Gasteiger partial charge in [0.05, 0.1) is 6.61 Å². The quantitative estimate of drug-likeness (QED) is 0.602. The van der Waals surface area contributed by atoms with Crippen LogP contribution < -0.4 is 5.32 Å². The van der Waals surface area contributed by atoms with E-state index >= 15 is 0 Å². The van der Waals surface area contributed by atoms with Crippen molar-refractivity contribution in [2.24, 2.45) is 0 Å². The molecule has 0 aromatic heterocycles. The molecule has 108 valence electrons. The Morgan fingerprint density at radius 1 is 1.00 bits per heavy atom. The van der Waals surface area contributed by atoms with Crippen molar-refractivity contribution < 1.29 is 4.74 Å². The largest absolute Gasteiger partial charge is 0.377 e. The Bertz CT molecular complexity index is 325. The molecule has 0 unspecified atom stereocenters. The molecule has 0 saturated carbocycles. The Kier molecular flexibility index (Phi) is 9.38. The van der Waals surface area contributed by atoms with Gasteiger partial charge < -0.3 is 10.1 Å². The molecule has 1 aromatic rings. The van der Waals surface area contributed by atoms with Gasteiger partial charge in [0.15, 0.2) is 0 Å². The number of hydrogen-bond acceptors (Lipinski definition) is 2. The van der Waals surface area contributed by atoms with E-state index in [1.807, 2.05) is 0 Å². The lowest BCUT2D eigenvalue weighted by atomic mass is 10.1. The Morgan fingerprint density at radius 2 is 1.84 bits per heavy atom. The SMILES string of the molecule is CCCCCCOCc1cccc(CNCCC)c1. The van der Waals surface area contributed by atoms with Crippen LogP contribution in [0.3, 0.4) is 0 Å². The fraction of sp³-hybridized carbons (Fsp3) is 0.647. The molecule has 0 spiro atoms. The van der Waals surface area contributed by atoms with Crippen LogP contribution in [0.5, 0.6) is 0 Å². The van der Waals surface area contributed by atoms with Gasteiger partial charge in [-0.1, -0.05) is 57.4 Å². The molecule has 0 heterocycles. The number of nitrogens with one attached hydrogen (secondary N) is 1. The van der Waals surface area contributed by atoms with Crippen molar-refractivity contribution in [3.63, 3.8) is 0 Å². The minimum atomic E-state index is 0.744. The van der Waals surface area contributed by atoms with E-state index < -0.39 is 0 Å². The molecule has 1 aromatic carbocycles. The zero-order valence-electron chi connectivity index (χ0n) is 12.6. The summed E-state index contributed by atoms with van der Waals surface area (Å²) in [5.74, 6) is 0. The van der Waals surface area contributed by atoms with E-state index in [4.69, 9.17) is 4.74 Å². The maximum atomic E-state index is 5.73. The maximum absolute atomic E-state index is 5.73. The first kappa shape index (κ1) is 16.2. The lowest BCUT2D eigenvalue weighted by Crippen LogP contribution is -2.13. The topological polar surface area (TPSA) is 21.3 Å². The third kappa shape index (κ3) is 8.02. The van der Waals surface area contributed by atoms with Crippen LogP contribution in [0.15, 0.2) is 24.3 Å². The third-order valence-electron chi connectivity index (χ3n) is 3.16. The van der Waals surface area contributed by atoms with Crippen LogP contribution >= 0.6 is 0 Å². The number of ether oxygens (including phenoxy) is 1. The smallest absolute Gasteiger partial charge is 0.0716 e. The van der Waals surface area contributed by atoms with Crippen molar-refractivity contribution in [2.75, 3.05) is 13.2 Å². The van der Waals surface area contributed by atoms with Gasteiger partial charge in [-0.25, -0.2) is 0 Å². The molecule has 19 heavy (non-hydrogen) atoms. The van der Waals surface area contributed by atoms with E-state index in [1.165, 1.54) is 43.2 Å². The minimum absolute atomic E-state index is 0.744. The fourth-order valence-corrected chi connectivity index (χ4v) is 2.06. The van der Waals surface area contributed by atoms with Gasteiger partial charge in [0.1, 0.15) is 0 Å². The number of benzene rings is 1. The molecular formula is C17H29NO. The zero-order valence-corrected chi connectivity index (χ0v) is 12.6. The molecular weight excluding hydrogens is 234 g/mol. The van der Waals surface area contributed by atoms with Gasteiger partial charge in [0.2, 0.25) is 0 Å². The van der Waals surface area contributed by atoms with Crippen LogP contribution in [0, 0.1) is 0 Å². The van der Waals surface area contributed by atoms with Gasteiger partial charge >= 0.3 is 0 Å². The van der Waals surface area contributed by atoms with Crippen molar-refractivity contribution >= 4 is 0 Å². The van der Waals surface area contributed by atoms with Crippen LogP contribution in [-0.2, 0) is 17.9 Å². The number of unbranched alkanes of at least 4 members (excludes halogenated alkanes) is 3. The summed E-state index contributed by atoms with van der Waals surface area (Å²) in [5.41, 5.74) is 2.63. The second kappa shape index (κ2) is 11.0. The minimum Gasteiger partial charge on any atom is -0.377 e. The first-order valence-corrected chi connectivity index (χ1v) is 7.73. The average molecular weight is 263 g/mol. The molecule has 0 bridgehead atoms. The molecule has 0 atom stereocenters. The monoisotopic (exact) mass is 263 g/mol. The molecule has 0 aliphatic heterocycles. The van der Waals surface area contributed by atoms with Crippen molar-refractivity contribution in [1.29, 1.82) is 0 Å². The standard InChI is InChI=1S/C17H29NO/c1-3-5-6-7-12-19-15-17-10-8-9-16(13-17)14-18-11-4-2/h8-10,13,18H,3-7,11-12,14-15H2,1-2H3. The Labute approximate surface area is 118 Å². The van der Waals surface area contributed by atoms with Crippen molar-refractivity contribution in [2.45, 2.75) is 59.1 Å². The molecule has 0 aliphatic rings. The Balaban J connectivity index is 2.20. The van der Waals surface area contributed by atoms with Crippen LogP contribution in [0.2, 0.25) is 0 Å². The highest BCUT2D eigenvalue weighted by atomic mass is 16.5. The van der Waals surface area contributed by atoms with E-state index in [1.54, 1.807) is 0 Å². The van der Waals surface area contributed by atoms with E-state index in [-0.39, 0.29) is 0 Å². The molecule has 0 aliphatic carbocycles. The first-order chi connectivity index (χ1) is 9.36. The van der Waals surface area contributed by atoms with Crippen molar-refractivity contribution in [1.82, 2.24) is 5.32 Å². The summed E-state index contributed by atoms with van der Waals surface area (Å²) in [7, 11) is 0. The Hall–Kier alpha value is -0.860. The normalized spacial score (nSPS) is 10.8. The van der Waals surface area contributed by atoms with E-state index in [0.29, 0.717) is 0 Å². The molecule has 0 radical (unpaired) electrons. The molecule has 1 rings (SSSR count). The average Bonchev–Trinajstić information content (AvgIpc) is 2.43. The predicted octanol–water partition coefficient (Wildman–Crippen LogP) is 4.28. The fourth-order valence-electron chi connectivity index (χ4n) is 2.06. The van der Waals surface area contributed by atoms with Gasteiger partial charge in [-0.3, -0.25) is 0 Å². The molecule has 0 saturated heterocycles. The molecule has 0 amide bonds. The molecule has 2 heteroatoms. The van der Waals surface area contributed by atoms with Gasteiger partial charge in [0, 0.05) is 13.2 Å². The van der Waals surface area contributed by atoms with Crippen LogP contribution in [-0.4, -0.2) is 13.2 Å². The van der Waals surface area contributed by atoms with Gasteiger partial charge in [0.25, 0.3) is 0 Å². The van der Waals surface area contributed by atoms with Gasteiger partial charge in [-0.05, 0) is 30.5 Å². The lowest BCUT2D eigenvalue weighted by molar-refractivity contribution is 0.117. The summed E-state index contributed by atoms with van der Waals surface area (Å²) in [6.45, 7) is 8.09. The summed E-state index contributed by atoms with van der Waals surface area (Å²) in [6, 6.07) is 8.69.